The van der Waals surface area contributed by atoms with Crippen LogP contribution in [0.1, 0.15) is 34.8 Å². The first-order valence-corrected chi connectivity index (χ1v) is 6.14. The SMILES string of the molecule is COC(=O)c1cc2c(c([N+](=O)[O-])c1NC(C)=O)CCC2. The predicted octanol–water partition coefficient (Wildman–Crippen LogP) is 1.83. The average molecular weight is 278 g/mol. The summed E-state index contributed by atoms with van der Waals surface area (Å²) in [4.78, 5) is 33.8. The Bertz CT molecular complexity index is 609. The third-order valence-corrected chi connectivity index (χ3v) is 3.26. The van der Waals surface area contributed by atoms with E-state index in [0.29, 0.717) is 18.4 Å². The third-order valence-electron chi connectivity index (χ3n) is 3.26. The quantitative estimate of drug-likeness (QED) is 0.516. The van der Waals surface area contributed by atoms with Crippen molar-refractivity contribution >= 4 is 23.3 Å². The number of anilines is 1. The third kappa shape index (κ3) is 2.34. The van der Waals surface area contributed by atoms with E-state index in [1.54, 1.807) is 6.07 Å². The molecule has 1 aliphatic rings. The van der Waals surface area contributed by atoms with Crippen LogP contribution in [-0.4, -0.2) is 23.9 Å². The van der Waals surface area contributed by atoms with Crippen LogP contribution in [0.3, 0.4) is 0 Å². The second-order valence-corrected chi connectivity index (χ2v) is 4.57. The molecule has 1 N–H and O–H groups in total. The largest absolute Gasteiger partial charge is 0.465 e. The second kappa shape index (κ2) is 5.28. The fourth-order valence-electron chi connectivity index (χ4n) is 2.50. The molecule has 1 amide bonds. The van der Waals surface area contributed by atoms with Crippen molar-refractivity contribution < 1.29 is 19.2 Å². The van der Waals surface area contributed by atoms with Gasteiger partial charge in [0.2, 0.25) is 5.91 Å². The number of nitrogens with one attached hydrogen (secondary N) is 1. The molecule has 0 bridgehead atoms. The number of fused-ring (bicyclic) bond motifs is 1. The average Bonchev–Trinajstić information content (AvgIpc) is 2.83. The number of aryl methyl sites for hydroxylation is 1. The standard InChI is InChI=1S/C13H14N2O5/c1-7(16)14-11-10(13(17)20-2)6-8-4-3-5-9(8)12(11)15(18)19/h6H,3-5H2,1-2H3,(H,14,16). The highest BCUT2D eigenvalue weighted by atomic mass is 16.6. The molecule has 7 nitrogen and oxygen atoms in total. The van der Waals surface area contributed by atoms with Gasteiger partial charge in [-0.25, -0.2) is 4.79 Å². The summed E-state index contributed by atoms with van der Waals surface area (Å²) in [5.74, 6) is -1.18. The van der Waals surface area contributed by atoms with Gasteiger partial charge in [0.25, 0.3) is 5.69 Å². The van der Waals surface area contributed by atoms with E-state index in [-0.39, 0.29) is 16.9 Å². The van der Waals surface area contributed by atoms with Crippen molar-refractivity contribution in [3.05, 3.63) is 32.9 Å². The van der Waals surface area contributed by atoms with E-state index < -0.39 is 16.8 Å². The molecule has 0 atom stereocenters. The summed E-state index contributed by atoms with van der Waals surface area (Å²) in [6.07, 6.45) is 2.04. The molecule has 0 spiro atoms. The van der Waals surface area contributed by atoms with Gasteiger partial charge < -0.3 is 10.1 Å². The maximum absolute atomic E-state index is 11.8. The van der Waals surface area contributed by atoms with E-state index in [1.807, 2.05) is 0 Å². The lowest BCUT2D eigenvalue weighted by atomic mass is 10.0. The Morgan fingerprint density at radius 3 is 2.65 bits per heavy atom. The van der Waals surface area contributed by atoms with E-state index in [4.69, 9.17) is 0 Å². The molecule has 0 fully saturated rings. The molecular formula is C13H14N2O5. The normalized spacial score (nSPS) is 12.7. The summed E-state index contributed by atoms with van der Waals surface area (Å²) in [6.45, 7) is 1.23. The highest BCUT2D eigenvalue weighted by Gasteiger charge is 2.32. The first kappa shape index (κ1) is 14.0. The van der Waals surface area contributed by atoms with Crippen LogP contribution < -0.4 is 5.32 Å². The van der Waals surface area contributed by atoms with Gasteiger partial charge in [-0.2, -0.15) is 0 Å². The monoisotopic (exact) mass is 278 g/mol. The van der Waals surface area contributed by atoms with Gasteiger partial charge in [0, 0.05) is 12.5 Å². The van der Waals surface area contributed by atoms with Gasteiger partial charge >= 0.3 is 5.97 Å². The number of esters is 1. The van der Waals surface area contributed by atoms with Crippen molar-refractivity contribution in [2.45, 2.75) is 26.2 Å². The number of methoxy groups -OCH3 is 1. The number of nitrogens with zero attached hydrogens (tertiary/aromatic N) is 1. The Hall–Kier alpha value is -2.44. The number of rotatable bonds is 3. The fourth-order valence-corrected chi connectivity index (χ4v) is 2.50. The lowest BCUT2D eigenvalue weighted by Gasteiger charge is -2.12. The Labute approximate surface area is 115 Å². The lowest BCUT2D eigenvalue weighted by molar-refractivity contribution is -0.384. The molecular weight excluding hydrogens is 264 g/mol. The molecule has 20 heavy (non-hydrogen) atoms. The summed E-state index contributed by atoms with van der Waals surface area (Å²) in [5.41, 5.74) is 1.11. The molecule has 7 heteroatoms. The number of carbonyl (C=O) groups is 2. The first-order chi connectivity index (χ1) is 9.45. The van der Waals surface area contributed by atoms with Gasteiger partial charge in [-0.1, -0.05) is 0 Å². The van der Waals surface area contributed by atoms with Gasteiger partial charge in [-0.15, -0.1) is 0 Å². The van der Waals surface area contributed by atoms with Crippen LogP contribution in [0.5, 0.6) is 0 Å². The van der Waals surface area contributed by atoms with E-state index >= 15 is 0 Å². The van der Waals surface area contributed by atoms with E-state index in [9.17, 15) is 19.7 Å². The number of amides is 1. The summed E-state index contributed by atoms with van der Waals surface area (Å²) < 4.78 is 4.64. The van der Waals surface area contributed by atoms with Gasteiger partial charge in [-0.3, -0.25) is 14.9 Å². The van der Waals surface area contributed by atoms with Crippen LogP contribution in [0.2, 0.25) is 0 Å². The Kier molecular flexibility index (Phi) is 3.69. The lowest BCUT2D eigenvalue weighted by Crippen LogP contribution is -2.15. The van der Waals surface area contributed by atoms with E-state index in [1.165, 1.54) is 14.0 Å². The molecule has 0 saturated carbocycles. The Morgan fingerprint density at radius 1 is 1.40 bits per heavy atom. The van der Waals surface area contributed by atoms with Crippen LogP contribution in [0.15, 0.2) is 6.07 Å². The summed E-state index contributed by atoms with van der Waals surface area (Å²) in [7, 11) is 1.19. The molecule has 0 unspecified atom stereocenters. The van der Waals surface area contributed by atoms with Gasteiger partial charge in [0.1, 0.15) is 5.69 Å². The number of ether oxygens (including phenoxy) is 1. The predicted molar refractivity (Wildman–Crippen MR) is 70.8 cm³/mol. The molecule has 0 radical (unpaired) electrons. The topological polar surface area (TPSA) is 98.5 Å². The molecule has 0 aliphatic heterocycles. The van der Waals surface area contributed by atoms with E-state index in [0.717, 1.165) is 12.0 Å². The fraction of sp³-hybridized carbons (Fsp3) is 0.385. The molecule has 1 aromatic rings. The number of hydrogen-bond acceptors (Lipinski definition) is 5. The smallest absolute Gasteiger partial charge is 0.340 e. The molecule has 2 rings (SSSR count). The minimum absolute atomic E-state index is 0.0232. The zero-order valence-electron chi connectivity index (χ0n) is 11.2. The maximum atomic E-state index is 11.8. The molecule has 1 aliphatic carbocycles. The van der Waals surface area contributed by atoms with Crippen molar-refractivity contribution in [1.82, 2.24) is 0 Å². The first-order valence-electron chi connectivity index (χ1n) is 6.14. The van der Waals surface area contributed by atoms with Crippen molar-refractivity contribution in [3.63, 3.8) is 0 Å². The van der Waals surface area contributed by atoms with Crippen LogP contribution in [-0.2, 0) is 22.4 Å². The second-order valence-electron chi connectivity index (χ2n) is 4.57. The number of carbonyl (C=O) groups excluding carboxylic acids is 2. The van der Waals surface area contributed by atoms with Crippen LogP contribution in [0.4, 0.5) is 11.4 Å². The summed E-state index contributed by atoms with van der Waals surface area (Å²) >= 11 is 0. The number of hydrogen-bond donors (Lipinski definition) is 1. The Balaban J connectivity index is 2.73. The maximum Gasteiger partial charge on any atom is 0.340 e. The van der Waals surface area contributed by atoms with Crippen LogP contribution >= 0.6 is 0 Å². The Morgan fingerprint density at radius 2 is 2.10 bits per heavy atom. The van der Waals surface area contributed by atoms with Crippen molar-refractivity contribution in [1.29, 1.82) is 0 Å². The number of nitro benzene ring substituents is 1. The zero-order valence-corrected chi connectivity index (χ0v) is 11.2. The van der Waals surface area contributed by atoms with Crippen LogP contribution in [0, 0.1) is 10.1 Å². The number of nitro groups is 1. The molecule has 0 aromatic heterocycles. The highest BCUT2D eigenvalue weighted by Crippen LogP contribution is 2.39. The van der Waals surface area contributed by atoms with Crippen molar-refractivity contribution in [2.75, 3.05) is 12.4 Å². The molecule has 0 heterocycles. The number of benzene rings is 1. The summed E-state index contributed by atoms with van der Waals surface area (Å²) in [6, 6.07) is 1.58. The van der Waals surface area contributed by atoms with E-state index in [2.05, 4.69) is 10.1 Å². The van der Waals surface area contributed by atoms with Gasteiger partial charge in [-0.05, 0) is 30.9 Å². The van der Waals surface area contributed by atoms with Crippen LogP contribution in [0.25, 0.3) is 0 Å². The van der Waals surface area contributed by atoms with Gasteiger partial charge in [0.05, 0.1) is 17.6 Å². The minimum Gasteiger partial charge on any atom is -0.465 e. The minimum atomic E-state index is -0.702. The zero-order chi connectivity index (χ0) is 14.9. The summed E-state index contributed by atoms with van der Waals surface area (Å²) in [5, 5.41) is 13.7. The molecule has 1 aromatic carbocycles. The highest BCUT2D eigenvalue weighted by molar-refractivity contribution is 6.04. The molecule has 106 valence electrons. The van der Waals surface area contributed by atoms with Gasteiger partial charge in [0.15, 0.2) is 0 Å². The molecule has 0 saturated heterocycles. The van der Waals surface area contributed by atoms with Crippen molar-refractivity contribution in [2.24, 2.45) is 0 Å². The van der Waals surface area contributed by atoms with Crippen molar-refractivity contribution in [3.8, 4) is 0 Å².